The van der Waals surface area contributed by atoms with E-state index < -0.39 is 17.4 Å². The van der Waals surface area contributed by atoms with Crippen LogP contribution in [0, 0.1) is 29.6 Å². The van der Waals surface area contributed by atoms with Crippen LogP contribution in [-0.4, -0.2) is 17.8 Å². The topological polar surface area (TPSA) is 29.5 Å². The van der Waals surface area contributed by atoms with Crippen LogP contribution in [0.1, 0.15) is 58.8 Å². The second-order valence-electron chi connectivity index (χ2n) is 7.67. The van der Waals surface area contributed by atoms with Crippen molar-refractivity contribution in [1.82, 2.24) is 0 Å². The van der Waals surface area contributed by atoms with Gasteiger partial charge in [-0.25, -0.2) is 0 Å². The van der Waals surface area contributed by atoms with Crippen LogP contribution >= 0.6 is 0 Å². The zero-order valence-electron chi connectivity index (χ0n) is 15.9. The van der Waals surface area contributed by atoms with Gasteiger partial charge in [-0.15, -0.1) is 6.42 Å². The van der Waals surface area contributed by atoms with Gasteiger partial charge in [-0.2, -0.15) is 0 Å². The second kappa shape index (κ2) is 5.02. The van der Waals surface area contributed by atoms with Crippen molar-refractivity contribution in [2.45, 2.75) is 56.9 Å². The highest BCUT2D eigenvalue weighted by molar-refractivity contribution is 5.41. The molecule has 3 aliphatic carbocycles. The fourth-order valence-corrected chi connectivity index (χ4v) is 5.51. The number of methoxy groups -OCH3 is 1. The van der Waals surface area contributed by atoms with E-state index in [1.54, 1.807) is 7.11 Å². The summed E-state index contributed by atoms with van der Waals surface area (Å²) in [4.78, 5) is 0. The van der Waals surface area contributed by atoms with Gasteiger partial charge in [0, 0.05) is 8.16 Å². The zero-order valence-corrected chi connectivity index (χ0v) is 13.9. The van der Waals surface area contributed by atoms with E-state index >= 15 is 0 Å². The Morgan fingerprint density at radius 3 is 2.96 bits per heavy atom. The summed E-state index contributed by atoms with van der Waals surface area (Å²) in [5.41, 5.74) is 0.528. The van der Waals surface area contributed by atoms with E-state index in [-0.39, 0.29) is 5.92 Å². The molecule has 0 saturated heterocycles. The van der Waals surface area contributed by atoms with Crippen LogP contribution in [0.3, 0.4) is 0 Å². The summed E-state index contributed by atoms with van der Waals surface area (Å²) in [6, 6.07) is 6.36. The Bertz CT molecular complexity index is 753. The molecule has 4 rings (SSSR count). The maximum atomic E-state index is 11.1. The van der Waals surface area contributed by atoms with Gasteiger partial charge in [0.15, 0.2) is 0 Å². The van der Waals surface area contributed by atoms with Crippen molar-refractivity contribution in [2.75, 3.05) is 7.11 Å². The molecule has 2 fully saturated rings. The van der Waals surface area contributed by atoms with Crippen LogP contribution in [0.2, 0.25) is 0 Å². The van der Waals surface area contributed by atoms with E-state index in [1.165, 1.54) is 11.1 Å². The van der Waals surface area contributed by atoms with E-state index in [1.807, 2.05) is 13.0 Å². The first-order valence-corrected chi connectivity index (χ1v) is 8.64. The summed E-state index contributed by atoms with van der Waals surface area (Å²) in [6.07, 6.45) is 8.03. The van der Waals surface area contributed by atoms with Gasteiger partial charge < -0.3 is 9.84 Å². The van der Waals surface area contributed by atoms with Crippen molar-refractivity contribution >= 4 is 0 Å². The molecule has 0 radical (unpaired) electrons. The average molecular weight is 312 g/mol. The molecule has 2 nitrogen and oxygen atoms in total. The van der Waals surface area contributed by atoms with Crippen LogP contribution in [0.4, 0.5) is 0 Å². The molecule has 0 aliphatic heterocycles. The van der Waals surface area contributed by atoms with Crippen LogP contribution in [0.25, 0.3) is 0 Å². The van der Waals surface area contributed by atoms with Gasteiger partial charge in [-0.3, -0.25) is 0 Å². The van der Waals surface area contributed by atoms with Crippen molar-refractivity contribution in [3.63, 3.8) is 0 Å². The summed E-state index contributed by atoms with van der Waals surface area (Å²) >= 11 is 0. The number of hydrogen-bond donors (Lipinski definition) is 1. The first kappa shape index (κ1) is 12.9. The average Bonchev–Trinajstić information content (AvgIpc) is 2.77. The lowest BCUT2D eigenvalue weighted by molar-refractivity contribution is -0.0646. The number of aryl methyl sites for hydroxylation is 1. The highest BCUT2D eigenvalue weighted by Crippen LogP contribution is 2.64. The number of hydrogen-bond acceptors (Lipinski definition) is 2. The molecular formula is C21H26O2. The fourth-order valence-electron chi connectivity index (χ4n) is 5.51. The van der Waals surface area contributed by atoms with E-state index in [4.69, 9.17) is 13.9 Å². The molecule has 2 heteroatoms. The lowest BCUT2D eigenvalue weighted by atomic mass is 9.53. The predicted molar refractivity (Wildman–Crippen MR) is 91.4 cm³/mol. The molecule has 0 spiro atoms. The molecule has 23 heavy (non-hydrogen) atoms. The molecule has 0 amide bonds. The van der Waals surface area contributed by atoms with Gasteiger partial charge in [0.25, 0.3) is 0 Å². The molecule has 0 aromatic heterocycles. The van der Waals surface area contributed by atoms with Crippen molar-refractivity contribution in [1.29, 1.82) is 0 Å². The molecular weight excluding hydrogens is 284 g/mol. The van der Waals surface area contributed by atoms with Crippen LogP contribution in [0.15, 0.2) is 18.2 Å². The Morgan fingerprint density at radius 1 is 1.39 bits per heavy atom. The highest BCUT2D eigenvalue weighted by atomic mass is 16.5. The molecule has 3 aliphatic rings. The van der Waals surface area contributed by atoms with Crippen LogP contribution in [-0.2, 0) is 6.42 Å². The van der Waals surface area contributed by atoms with Crippen LogP contribution in [0.5, 0.6) is 5.75 Å². The molecule has 1 N–H and O–H groups in total. The molecule has 0 heterocycles. The smallest absolute Gasteiger partial charge is 0.130 e. The van der Waals surface area contributed by atoms with E-state index in [9.17, 15) is 5.11 Å². The molecule has 2 saturated carbocycles. The quantitative estimate of drug-likeness (QED) is 0.797. The maximum absolute atomic E-state index is 11.1. The van der Waals surface area contributed by atoms with E-state index in [0.29, 0.717) is 18.3 Å². The number of ether oxygens (including phenoxy) is 1. The number of rotatable bonds is 1. The summed E-state index contributed by atoms with van der Waals surface area (Å²) < 4.78 is 22.2. The third-order valence-electron chi connectivity index (χ3n) is 6.94. The number of fused-ring (bicyclic) bond motifs is 5. The number of benzene rings is 1. The summed E-state index contributed by atoms with van der Waals surface area (Å²) in [6.45, 7) is 2.02. The molecule has 5 atom stereocenters. The van der Waals surface area contributed by atoms with Crippen molar-refractivity contribution in [2.24, 2.45) is 17.3 Å². The lowest BCUT2D eigenvalue weighted by Gasteiger charge is -2.52. The Kier molecular flexibility index (Phi) is 2.81. The Morgan fingerprint density at radius 2 is 2.22 bits per heavy atom. The molecule has 1 aromatic rings. The van der Waals surface area contributed by atoms with Gasteiger partial charge in [0.05, 0.1) is 7.11 Å². The summed E-state index contributed by atoms with van der Waals surface area (Å²) in [5, 5.41) is 11.1. The lowest BCUT2D eigenvalue weighted by Crippen LogP contribution is -2.50. The van der Waals surface area contributed by atoms with Crippen molar-refractivity contribution in [3.8, 4) is 18.1 Å². The first-order valence-electron chi connectivity index (χ1n) is 9.64. The SMILES string of the molecule is [2H]C1([2H])C[C@H]2[C@@H]3CCc4cc(OC)ccc4[C@H]3CC[C@]2(C)[C@]1(O)C#C. The Labute approximate surface area is 142 Å². The van der Waals surface area contributed by atoms with Gasteiger partial charge >= 0.3 is 0 Å². The monoisotopic (exact) mass is 312 g/mol. The number of aliphatic hydroxyl groups is 1. The zero-order chi connectivity index (χ0) is 18.0. The van der Waals surface area contributed by atoms with Gasteiger partial charge in [0.1, 0.15) is 11.4 Å². The first-order chi connectivity index (χ1) is 11.8. The summed E-state index contributed by atoms with van der Waals surface area (Å²) in [5.74, 6) is 4.31. The van der Waals surface area contributed by atoms with E-state index in [0.717, 1.165) is 31.4 Å². The maximum Gasteiger partial charge on any atom is 0.130 e. The minimum Gasteiger partial charge on any atom is -0.497 e. The Hall–Kier alpha value is -1.46. The molecule has 0 unspecified atom stereocenters. The predicted octanol–water partition coefficient (Wildman–Crippen LogP) is 3.92. The molecule has 1 aromatic carbocycles. The number of terminal acetylenes is 1. The minimum atomic E-state index is -1.73. The van der Waals surface area contributed by atoms with E-state index in [2.05, 4.69) is 18.1 Å². The van der Waals surface area contributed by atoms with Crippen molar-refractivity contribution < 1.29 is 12.6 Å². The minimum absolute atomic E-state index is 0.123. The van der Waals surface area contributed by atoms with Crippen LogP contribution < -0.4 is 4.74 Å². The van der Waals surface area contributed by atoms with Gasteiger partial charge in [0.2, 0.25) is 0 Å². The summed E-state index contributed by atoms with van der Waals surface area (Å²) in [7, 11) is 1.70. The van der Waals surface area contributed by atoms with Crippen molar-refractivity contribution in [3.05, 3.63) is 29.3 Å². The molecule has 0 bridgehead atoms. The standard InChI is InChI=1S/C21H26O2/c1-4-21(22)12-10-19-18-7-5-14-13-15(23-3)6-8-16(14)17(18)9-11-20(19,21)2/h1,6,8,13,17-19,22H,5,7,9-12H2,2-3H3/t17-,18-,19+,20+,21+/m1/s1/i12D2. The van der Waals surface area contributed by atoms with Gasteiger partial charge in [-0.05, 0) is 79.5 Å². The fraction of sp³-hybridized carbons (Fsp3) is 0.619. The second-order valence-corrected chi connectivity index (χ2v) is 7.67. The Balaban J connectivity index is 1.74. The van der Waals surface area contributed by atoms with Gasteiger partial charge in [-0.1, -0.05) is 18.9 Å². The highest BCUT2D eigenvalue weighted by Gasteiger charge is 2.61. The molecule has 122 valence electrons. The third-order valence-corrected chi connectivity index (χ3v) is 6.94. The normalized spacial score (nSPS) is 44.9. The largest absolute Gasteiger partial charge is 0.497 e. The third kappa shape index (κ3) is 1.93.